The van der Waals surface area contributed by atoms with E-state index in [1.807, 2.05) is 0 Å². The minimum atomic E-state index is -3.13. The molecule has 2 N–H and O–H groups in total. The molecule has 0 saturated carbocycles. The Morgan fingerprint density at radius 3 is 1.33 bits per heavy atom. The van der Waals surface area contributed by atoms with Crippen molar-refractivity contribution < 1.29 is 32.9 Å². The van der Waals surface area contributed by atoms with Gasteiger partial charge in [0, 0.05) is 18.6 Å². The van der Waals surface area contributed by atoms with Crippen LogP contribution < -0.4 is 0 Å². The van der Waals surface area contributed by atoms with Crippen LogP contribution in [0, 0.1) is 0 Å². The third-order valence-corrected chi connectivity index (χ3v) is 0. The monoisotopic (exact) mass is 157 g/mol. The van der Waals surface area contributed by atoms with Crippen LogP contribution in [0.15, 0.2) is 0 Å². The van der Waals surface area contributed by atoms with E-state index >= 15 is 0 Å². The van der Waals surface area contributed by atoms with Crippen LogP contribution in [-0.4, -0.2) is 39.3 Å². The third kappa shape index (κ3) is 42.7. The molecule has 0 aliphatic rings. The van der Waals surface area contributed by atoms with Crippen molar-refractivity contribution in [2.45, 2.75) is 0 Å². The van der Waals surface area contributed by atoms with E-state index in [-0.39, 0.29) is 48.1 Å². The molecule has 0 bridgehead atoms. The van der Waals surface area contributed by atoms with Crippen LogP contribution >= 0.6 is 8.25 Å². The molecule has 0 aromatic heterocycles. The van der Waals surface area contributed by atoms with Crippen LogP contribution in [0.2, 0.25) is 0 Å². The molecule has 33 valence electrons. The molecule has 3 nitrogen and oxygen atoms in total. The maximum Gasteiger partial charge on any atom is 0 e. The predicted octanol–water partition coefficient (Wildman–Crippen LogP) is -1.29. The summed E-state index contributed by atoms with van der Waals surface area (Å²) < 4.78 is 8.74. The summed E-state index contributed by atoms with van der Waals surface area (Å²) in [6.45, 7) is 0. The fourth-order valence-corrected chi connectivity index (χ4v) is 0. The van der Waals surface area contributed by atoms with E-state index in [0.29, 0.717) is 0 Å². The standard InChI is InChI=1S/Na.H3O3P.V.H/c;1-4(2)3;;/h;4H,(H2,1,2,3);;. The quantitative estimate of drug-likeness (QED) is 0.339. The van der Waals surface area contributed by atoms with Crippen LogP contribution in [0.4, 0.5) is 0 Å². The van der Waals surface area contributed by atoms with Gasteiger partial charge in [-0.15, -0.1) is 0 Å². The number of hydrogen-bond acceptors (Lipinski definition) is 1. The second kappa shape index (κ2) is 9.88. The summed E-state index contributed by atoms with van der Waals surface area (Å²) in [5.74, 6) is 0. The summed E-state index contributed by atoms with van der Waals surface area (Å²) >= 11 is 0. The number of rotatable bonds is 0. The van der Waals surface area contributed by atoms with Gasteiger partial charge in [-0.05, 0) is 0 Å². The second-order valence-corrected chi connectivity index (χ2v) is 0.848. The molecular formula is H4NaO3PV. The van der Waals surface area contributed by atoms with E-state index in [4.69, 9.17) is 14.4 Å². The van der Waals surface area contributed by atoms with Gasteiger partial charge in [0.15, 0.2) is 0 Å². The topological polar surface area (TPSA) is 57.5 Å². The normalized spacial score (nSPS) is 5.83. The van der Waals surface area contributed by atoms with Crippen LogP contribution in [0.25, 0.3) is 0 Å². The van der Waals surface area contributed by atoms with Gasteiger partial charge in [0.05, 0.1) is 0 Å². The predicted molar refractivity (Wildman–Crippen MR) is 20.6 cm³/mol. The van der Waals surface area contributed by atoms with Crippen LogP contribution in [0.1, 0.15) is 0 Å². The van der Waals surface area contributed by atoms with Gasteiger partial charge in [-0.25, -0.2) is 0 Å². The van der Waals surface area contributed by atoms with Crippen molar-refractivity contribution in [3.8, 4) is 0 Å². The number of hydrogen-bond donors (Lipinski definition) is 2. The average Bonchev–Trinajstić information content (AvgIpc) is 0.811. The van der Waals surface area contributed by atoms with Crippen LogP contribution in [-0.2, 0) is 23.1 Å². The van der Waals surface area contributed by atoms with Crippen LogP contribution in [0.3, 0.4) is 0 Å². The molecule has 0 heterocycles. The van der Waals surface area contributed by atoms with Crippen molar-refractivity contribution in [1.29, 1.82) is 0 Å². The fraction of sp³-hybridized carbons (Fsp3) is 0. The molecule has 6 heteroatoms. The maximum absolute atomic E-state index is 8.74. The molecular weight excluding hydrogens is 153 g/mol. The van der Waals surface area contributed by atoms with Gasteiger partial charge in [0.25, 0.3) is 0 Å². The first-order valence-electron chi connectivity index (χ1n) is 0.651. The molecule has 0 rings (SSSR count). The molecule has 0 atom stereocenters. The molecule has 6 heavy (non-hydrogen) atoms. The van der Waals surface area contributed by atoms with Crippen molar-refractivity contribution in [2.24, 2.45) is 0 Å². The van der Waals surface area contributed by atoms with Crippen molar-refractivity contribution in [3.63, 3.8) is 0 Å². The largest absolute Gasteiger partial charge is 0 e. The second-order valence-electron chi connectivity index (χ2n) is 0.283. The minimum Gasteiger partial charge on any atom is 0 e. The maximum atomic E-state index is 8.74. The first-order valence-corrected chi connectivity index (χ1v) is 1.95. The first-order chi connectivity index (χ1) is 1.73. The van der Waals surface area contributed by atoms with Gasteiger partial charge in [-0.2, -0.15) is 0 Å². The zero-order valence-corrected chi connectivity index (χ0v) is 4.65. The van der Waals surface area contributed by atoms with Gasteiger partial charge in [0.2, 0.25) is 0 Å². The summed E-state index contributed by atoms with van der Waals surface area (Å²) in [4.78, 5) is 14.3. The molecule has 0 aliphatic heterocycles. The molecule has 0 unspecified atom stereocenters. The van der Waals surface area contributed by atoms with Crippen molar-refractivity contribution in [3.05, 3.63) is 0 Å². The molecule has 0 aliphatic carbocycles. The van der Waals surface area contributed by atoms with E-state index in [0.717, 1.165) is 0 Å². The molecule has 0 aromatic carbocycles. The van der Waals surface area contributed by atoms with E-state index in [1.165, 1.54) is 0 Å². The summed E-state index contributed by atoms with van der Waals surface area (Å²) in [6.07, 6.45) is 0. The Morgan fingerprint density at radius 1 is 1.33 bits per heavy atom. The van der Waals surface area contributed by atoms with Gasteiger partial charge in [-0.3, -0.25) is 4.57 Å². The summed E-state index contributed by atoms with van der Waals surface area (Å²) in [6, 6.07) is 0. The SMILES string of the molecule is O=[PH](O)O.[NaH].[V]. The minimum absolute atomic E-state index is 0. The summed E-state index contributed by atoms with van der Waals surface area (Å²) in [5, 5.41) is 0. The Morgan fingerprint density at radius 2 is 1.33 bits per heavy atom. The molecule has 0 spiro atoms. The summed E-state index contributed by atoms with van der Waals surface area (Å²) in [5.41, 5.74) is 0. The third-order valence-electron chi connectivity index (χ3n) is 0. The molecule has 0 saturated heterocycles. The zero-order valence-electron chi connectivity index (χ0n) is 2.25. The van der Waals surface area contributed by atoms with Crippen LogP contribution in [0.5, 0.6) is 0 Å². The van der Waals surface area contributed by atoms with Gasteiger partial charge >= 0.3 is 37.8 Å². The first kappa shape index (κ1) is 15.6. The molecule has 0 amide bonds. The van der Waals surface area contributed by atoms with Gasteiger partial charge < -0.3 is 9.79 Å². The zero-order chi connectivity index (χ0) is 3.58. The van der Waals surface area contributed by atoms with Gasteiger partial charge in [-0.1, -0.05) is 0 Å². The summed E-state index contributed by atoms with van der Waals surface area (Å²) in [7, 11) is -3.13. The molecule has 0 aromatic rings. The van der Waals surface area contributed by atoms with E-state index in [9.17, 15) is 0 Å². The smallest absolute Gasteiger partial charge is 0 e. The van der Waals surface area contributed by atoms with Gasteiger partial charge in [0.1, 0.15) is 0 Å². The van der Waals surface area contributed by atoms with E-state index < -0.39 is 8.25 Å². The Bertz CT molecular complexity index is 33.8. The van der Waals surface area contributed by atoms with Crippen molar-refractivity contribution in [1.82, 2.24) is 0 Å². The Hall–Kier alpha value is 1.73. The Kier molecular flexibility index (Phi) is 25.8. The van der Waals surface area contributed by atoms with Crippen molar-refractivity contribution in [2.75, 3.05) is 0 Å². The average molecular weight is 157 g/mol. The Balaban J connectivity index is -0.0000000450. The molecule has 0 fully saturated rings. The van der Waals surface area contributed by atoms with E-state index in [2.05, 4.69) is 0 Å². The van der Waals surface area contributed by atoms with Crippen molar-refractivity contribution >= 4 is 37.8 Å². The Labute approximate surface area is 70.3 Å². The van der Waals surface area contributed by atoms with E-state index in [1.54, 1.807) is 0 Å². The fourth-order valence-electron chi connectivity index (χ4n) is 0. The molecule has 1 radical (unpaired) electrons.